The Bertz CT molecular complexity index is 1100. The SMILES string of the molecule is CCCCN1/C(=C/C=C/C=C/C2N(CCCC)c3ccccc3C2(C)C)C(C)(C)c2ccccc21. The molecule has 1 atom stereocenters. The highest BCUT2D eigenvalue weighted by molar-refractivity contribution is 5.70. The van der Waals surface area contributed by atoms with E-state index in [2.05, 4.69) is 130 Å². The van der Waals surface area contributed by atoms with Gasteiger partial charge in [-0.05, 0) is 42.2 Å². The Kier molecular flexibility index (Phi) is 7.59. The molecule has 0 aliphatic carbocycles. The third-order valence-corrected chi connectivity index (χ3v) is 8.04. The lowest BCUT2D eigenvalue weighted by molar-refractivity contribution is 0.471. The van der Waals surface area contributed by atoms with E-state index in [9.17, 15) is 0 Å². The molecule has 2 heterocycles. The lowest BCUT2D eigenvalue weighted by Crippen LogP contribution is -2.40. The summed E-state index contributed by atoms with van der Waals surface area (Å²) < 4.78 is 0. The van der Waals surface area contributed by atoms with Crippen LogP contribution in [-0.4, -0.2) is 19.1 Å². The van der Waals surface area contributed by atoms with Crippen LogP contribution in [0.4, 0.5) is 11.4 Å². The lowest BCUT2D eigenvalue weighted by Gasteiger charge is -2.32. The largest absolute Gasteiger partial charge is 0.364 e. The van der Waals surface area contributed by atoms with E-state index in [-0.39, 0.29) is 10.8 Å². The van der Waals surface area contributed by atoms with Crippen LogP contribution in [0.5, 0.6) is 0 Å². The number of fused-ring (bicyclic) bond motifs is 2. The molecule has 0 bridgehead atoms. The monoisotopic (exact) mass is 468 g/mol. The van der Waals surface area contributed by atoms with Crippen molar-refractivity contribution in [1.82, 2.24) is 0 Å². The smallest absolute Gasteiger partial charge is 0.0568 e. The van der Waals surface area contributed by atoms with Crippen LogP contribution in [0.3, 0.4) is 0 Å². The molecule has 0 aromatic heterocycles. The van der Waals surface area contributed by atoms with E-state index in [0.29, 0.717) is 6.04 Å². The van der Waals surface area contributed by atoms with Crippen LogP contribution in [0.15, 0.2) is 84.6 Å². The number of nitrogens with zero attached hydrogens (tertiary/aromatic N) is 2. The van der Waals surface area contributed by atoms with Crippen molar-refractivity contribution in [3.8, 4) is 0 Å². The molecule has 0 spiro atoms. The van der Waals surface area contributed by atoms with Crippen LogP contribution in [0.1, 0.15) is 78.4 Å². The Hall–Kier alpha value is -2.74. The quantitative estimate of drug-likeness (QED) is 0.340. The summed E-state index contributed by atoms with van der Waals surface area (Å²) in [6.45, 7) is 16.2. The van der Waals surface area contributed by atoms with Crippen molar-refractivity contribution >= 4 is 11.4 Å². The molecule has 2 heteroatoms. The Morgan fingerprint density at radius 3 is 2.09 bits per heavy atom. The van der Waals surface area contributed by atoms with Crippen molar-refractivity contribution in [2.45, 2.75) is 84.1 Å². The molecule has 2 aliphatic rings. The predicted octanol–water partition coefficient (Wildman–Crippen LogP) is 8.55. The Morgan fingerprint density at radius 2 is 1.37 bits per heavy atom. The maximum Gasteiger partial charge on any atom is 0.0568 e. The van der Waals surface area contributed by atoms with Crippen LogP contribution < -0.4 is 9.80 Å². The highest BCUT2D eigenvalue weighted by Gasteiger charge is 2.42. The first kappa shape index (κ1) is 25.4. The van der Waals surface area contributed by atoms with Gasteiger partial charge in [-0.15, -0.1) is 0 Å². The fourth-order valence-electron chi connectivity index (χ4n) is 5.98. The lowest BCUT2D eigenvalue weighted by atomic mass is 9.80. The van der Waals surface area contributed by atoms with Gasteiger partial charge >= 0.3 is 0 Å². The predicted molar refractivity (Wildman–Crippen MR) is 154 cm³/mol. The summed E-state index contributed by atoms with van der Waals surface area (Å²) in [5.41, 5.74) is 7.19. The fraction of sp³-hybridized carbons (Fsp3) is 0.455. The van der Waals surface area contributed by atoms with Gasteiger partial charge in [0.1, 0.15) is 0 Å². The third kappa shape index (κ3) is 4.73. The van der Waals surface area contributed by atoms with Gasteiger partial charge in [0, 0.05) is 41.0 Å². The zero-order chi connectivity index (χ0) is 25.1. The minimum Gasteiger partial charge on any atom is -0.364 e. The molecule has 2 nitrogen and oxygen atoms in total. The summed E-state index contributed by atoms with van der Waals surface area (Å²) in [7, 11) is 0. The number of hydrogen-bond acceptors (Lipinski definition) is 2. The molecule has 2 aromatic carbocycles. The van der Waals surface area contributed by atoms with Gasteiger partial charge in [0.05, 0.1) is 6.04 Å². The summed E-state index contributed by atoms with van der Waals surface area (Å²) >= 11 is 0. The van der Waals surface area contributed by atoms with Crippen molar-refractivity contribution in [2.24, 2.45) is 0 Å². The second-order valence-electron chi connectivity index (χ2n) is 11.2. The third-order valence-electron chi connectivity index (χ3n) is 8.04. The summed E-state index contributed by atoms with van der Waals surface area (Å²) in [4.78, 5) is 5.15. The van der Waals surface area contributed by atoms with E-state index in [4.69, 9.17) is 0 Å². The van der Waals surface area contributed by atoms with Gasteiger partial charge in [0.2, 0.25) is 0 Å². The molecule has 1 unspecified atom stereocenters. The van der Waals surface area contributed by atoms with Crippen molar-refractivity contribution < 1.29 is 0 Å². The number of rotatable bonds is 9. The Balaban J connectivity index is 1.57. The Labute approximate surface area is 214 Å². The average molecular weight is 469 g/mol. The highest BCUT2D eigenvalue weighted by Crippen LogP contribution is 2.48. The zero-order valence-electron chi connectivity index (χ0n) is 22.7. The molecule has 0 amide bonds. The van der Waals surface area contributed by atoms with Gasteiger partial charge in [-0.1, -0.05) is 115 Å². The normalized spacial score (nSPS) is 21.4. The minimum absolute atomic E-state index is 0.0183. The van der Waals surface area contributed by atoms with E-state index in [0.717, 1.165) is 13.1 Å². The first-order valence-corrected chi connectivity index (χ1v) is 13.6. The number of unbranched alkanes of at least 4 members (excludes halogenated alkanes) is 2. The molecule has 4 rings (SSSR count). The van der Waals surface area contributed by atoms with Crippen molar-refractivity contribution in [1.29, 1.82) is 0 Å². The molecule has 0 fully saturated rings. The molecular weight excluding hydrogens is 424 g/mol. The van der Waals surface area contributed by atoms with E-state index in [1.807, 2.05) is 0 Å². The summed E-state index contributed by atoms with van der Waals surface area (Å²) in [6.07, 6.45) is 16.3. The van der Waals surface area contributed by atoms with Crippen molar-refractivity contribution in [2.75, 3.05) is 22.9 Å². The molecule has 0 N–H and O–H groups in total. The molecule has 2 aromatic rings. The maximum absolute atomic E-state index is 2.62. The average Bonchev–Trinajstić information content (AvgIpc) is 3.20. The van der Waals surface area contributed by atoms with Crippen molar-refractivity contribution in [3.05, 3.63) is 95.7 Å². The summed E-state index contributed by atoms with van der Waals surface area (Å²) in [5, 5.41) is 0. The Morgan fingerprint density at radius 1 is 0.743 bits per heavy atom. The van der Waals surface area contributed by atoms with Gasteiger partial charge in [-0.25, -0.2) is 0 Å². The number of hydrogen-bond donors (Lipinski definition) is 0. The van der Waals surface area contributed by atoms with Crippen LogP contribution in [-0.2, 0) is 10.8 Å². The first-order valence-electron chi connectivity index (χ1n) is 13.6. The summed E-state index contributed by atoms with van der Waals surface area (Å²) in [5.74, 6) is 0. The molecular formula is C33H44N2. The van der Waals surface area contributed by atoms with Crippen molar-refractivity contribution in [3.63, 3.8) is 0 Å². The van der Waals surface area contributed by atoms with Crippen LogP contribution in [0, 0.1) is 0 Å². The van der Waals surface area contributed by atoms with Gasteiger partial charge in [-0.3, -0.25) is 0 Å². The summed E-state index contributed by atoms with van der Waals surface area (Å²) in [6, 6.07) is 18.3. The van der Waals surface area contributed by atoms with Gasteiger partial charge < -0.3 is 9.80 Å². The number of benzene rings is 2. The molecule has 0 saturated heterocycles. The minimum atomic E-state index is 0.0183. The van der Waals surface area contributed by atoms with E-state index >= 15 is 0 Å². The molecule has 0 saturated carbocycles. The van der Waals surface area contributed by atoms with Crippen LogP contribution >= 0.6 is 0 Å². The number of anilines is 2. The molecule has 186 valence electrons. The first-order chi connectivity index (χ1) is 16.8. The van der Waals surface area contributed by atoms with E-state index in [1.54, 1.807) is 0 Å². The second-order valence-corrected chi connectivity index (χ2v) is 11.2. The standard InChI is InChI=1S/C33H44N2/c1-7-9-24-34-28-20-16-14-18-26(28)32(3,4)30(34)22-12-11-13-23-31-33(5,6)27-19-15-17-21-29(27)35(31)25-10-8-2/h11-23,30H,7-10,24-25H2,1-6H3/b13-11+,22-12+,31-23+. The zero-order valence-corrected chi connectivity index (χ0v) is 22.7. The fourth-order valence-corrected chi connectivity index (χ4v) is 5.98. The highest BCUT2D eigenvalue weighted by atomic mass is 15.2. The maximum atomic E-state index is 2.62. The second kappa shape index (κ2) is 10.5. The topological polar surface area (TPSA) is 6.48 Å². The van der Waals surface area contributed by atoms with Crippen LogP contribution in [0.25, 0.3) is 0 Å². The van der Waals surface area contributed by atoms with Crippen LogP contribution in [0.2, 0.25) is 0 Å². The van der Waals surface area contributed by atoms with E-state index in [1.165, 1.54) is 53.9 Å². The van der Waals surface area contributed by atoms with Gasteiger partial charge in [-0.2, -0.15) is 0 Å². The number of para-hydroxylation sites is 2. The molecule has 0 radical (unpaired) electrons. The van der Waals surface area contributed by atoms with Gasteiger partial charge in [0.15, 0.2) is 0 Å². The molecule has 2 aliphatic heterocycles. The molecule has 35 heavy (non-hydrogen) atoms. The van der Waals surface area contributed by atoms with E-state index < -0.39 is 0 Å². The van der Waals surface area contributed by atoms with Gasteiger partial charge in [0.25, 0.3) is 0 Å². The number of allylic oxidation sites excluding steroid dienone is 5.